The molecule has 0 aromatic rings. The van der Waals surface area contributed by atoms with E-state index in [1.165, 1.54) is 96.3 Å². The Balaban J connectivity index is 4.12. The Morgan fingerprint density at radius 2 is 1.00 bits per heavy atom. The van der Waals surface area contributed by atoms with Gasteiger partial charge in [-0.3, -0.25) is 0 Å². The number of methoxy groups -OCH3 is 1. The minimum Gasteiger partial charge on any atom is -0.385 e. The van der Waals surface area contributed by atoms with Gasteiger partial charge in [0.15, 0.2) is 0 Å². The standard InChI is InChI=1S/C31H64O4/c1-6-10-20-29(8-3)26-34-25-22-31(35-27-30(9-4)21-11-7-2)28-33-24-19-17-15-13-12-14-16-18-23-32-5/h29-31H,6-28H2,1-5H3. The number of hydrogen-bond donors (Lipinski definition) is 0. The first-order valence-electron chi connectivity index (χ1n) is 15.5. The van der Waals surface area contributed by atoms with Crippen molar-refractivity contribution in [3.05, 3.63) is 0 Å². The summed E-state index contributed by atoms with van der Waals surface area (Å²) in [7, 11) is 1.79. The van der Waals surface area contributed by atoms with Gasteiger partial charge in [0, 0.05) is 40.1 Å². The Bertz CT molecular complexity index is 390. The second kappa shape index (κ2) is 28.4. The first-order chi connectivity index (χ1) is 17.2. The molecule has 0 rings (SSSR count). The fourth-order valence-electron chi connectivity index (χ4n) is 4.47. The molecule has 0 saturated heterocycles. The van der Waals surface area contributed by atoms with Crippen LogP contribution in [0.15, 0.2) is 0 Å². The molecular weight excluding hydrogens is 436 g/mol. The fourth-order valence-corrected chi connectivity index (χ4v) is 4.47. The molecule has 3 unspecified atom stereocenters. The highest BCUT2D eigenvalue weighted by Gasteiger charge is 2.14. The summed E-state index contributed by atoms with van der Waals surface area (Å²) in [6, 6.07) is 0. The first-order valence-corrected chi connectivity index (χ1v) is 15.5. The van der Waals surface area contributed by atoms with Crippen molar-refractivity contribution in [3.63, 3.8) is 0 Å². The van der Waals surface area contributed by atoms with Gasteiger partial charge in [0.25, 0.3) is 0 Å². The summed E-state index contributed by atoms with van der Waals surface area (Å²) in [6.07, 6.45) is 21.6. The van der Waals surface area contributed by atoms with Crippen molar-refractivity contribution in [3.8, 4) is 0 Å². The minimum atomic E-state index is 0.161. The fraction of sp³-hybridized carbons (Fsp3) is 1.00. The van der Waals surface area contributed by atoms with Gasteiger partial charge >= 0.3 is 0 Å². The predicted molar refractivity (Wildman–Crippen MR) is 151 cm³/mol. The highest BCUT2D eigenvalue weighted by Crippen LogP contribution is 2.16. The Morgan fingerprint density at radius 1 is 0.486 bits per heavy atom. The van der Waals surface area contributed by atoms with E-state index in [1.54, 1.807) is 7.11 Å². The van der Waals surface area contributed by atoms with Gasteiger partial charge in [-0.15, -0.1) is 0 Å². The van der Waals surface area contributed by atoms with Crippen LogP contribution in [0.5, 0.6) is 0 Å². The molecule has 0 saturated carbocycles. The summed E-state index contributed by atoms with van der Waals surface area (Å²) in [5.41, 5.74) is 0. The molecule has 212 valence electrons. The monoisotopic (exact) mass is 500 g/mol. The zero-order valence-electron chi connectivity index (χ0n) is 24.6. The quantitative estimate of drug-likeness (QED) is 0.0960. The molecular formula is C31H64O4. The highest BCUT2D eigenvalue weighted by atomic mass is 16.5. The molecule has 0 aromatic heterocycles. The molecule has 4 heteroatoms. The van der Waals surface area contributed by atoms with Crippen LogP contribution in [-0.2, 0) is 18.9 Å². The van der Waals surface area contributed by atoms with Crippen LogP contribution in [0.1, 0.15) is 137 Å². The van der Waals surface area contributed by atoms with E-state index in [0.29, 0.717) is 18.4 Å². The zero-order valence-corrected chi connectivity index (χ0v) is 24.6. The lowest BCUT2D eigenvalue weighted by molar-refractivity contribution is -0.0480. The lowest BCUT2D eigenvalue weighted by Gasteiger charge is -2.22. The molecule has 0 bridgehead atoms. The van der Waals surface area contributed by atoms with E-state index < -0.39 is 0 Å². The molecule has 35 heavy (non-hydrogen) atoms. The maximum atomic E-state index is 6.38. The average Bonchev–Trinajstić information content (AvgIpc) is 2.88. The molecule has 3 atom stereocenters. The maximum Gasteiger partial charge on any atom is 0.0830 e. The van der Waals surface area contributed by atoms with Gasteiger partial charge < -0.3 is 18.9 Å². The van der Waals surface area contributed by atoms with E-state index >= 15 is 0 Å². The Hall–Kier alpha value is -0.160. The van der Waals surface area contributed by atoms with E-state index in [0.717, 1.165) is 45.9 Å². The minimum absolute atomic E-state index is 0.161. The predicted octanol–water partition coefficient (Wildman–Crippen LogP) is 8.99. The lowest BCUT2D eigenvalue weighted by Crippen LogP contribution is -2.25. The normalized spacial score (nSPS) is 14.3. The summed E-state index contributed by atoms with van der Waals surface area (Å²) in [5.74, 6) is 1.38. The highest BCUT2D eigenvalue weighted by molar-refractivity contribution is 4.63. The molecule has 0 heterocycles. The number of unbranched alkanes of at least 4 members (excludes halogenated alkanes) is 9. The number of ether oxygens (including phenoxy) is 4. The Morgan fingerprint density at radius 3 is 1.54 bits per heavy atom. The molecule has 0 spiro atoms. The lowest BCUT2D eigenvalue weighted by atomic mass is 10.0. The van der Waals surface area contributed by atoms with Crippen molar-refractivity contribution in [2.24, 2.45) is 11.8 Å². The number of hydrogen-bond acceptors (Lipinski definition) is 4. The first kappa shape index (κ1) is 34.8. The molecule has 0 radical (unpaired) electrons. The van der Waals surface area contributed by atoms with Crippen LogP contribution in [0.4, 0.5) is 0 Å². The van der Waals surface area contributed by atoms with Gasteiger partial charge in [-0.05, 0) is 43.9 Å². The smallest absolute Gasteiger partial charge is 0.0830 e. The SMILES string of the molecule is CCCCC(CC)COCCC(COCCCCCCCCCCOC)OCC(CC)CCCC. The second-order valence-electron chi connectivity index (χ2n) is 10.5. The summed E-state index contributed by atoms with van der Waals surface area (Å²) < 4.78 is 23.6. The van der Waals surface area contributed by atoms with Crippen LogP contribution in [-0.4, -0.2) is 52.9 Å². The van der Waals surface area contributed by atoms with Crippen molar-refractivity contribution in [2.75, 3.05) is 46.8 Å². The summed E-state index contributed by atoms with van der Waals surface area (Å²) in [4.78, 5) is 0. The van der Waals surface area contributed by atoms with E-state index in [-0.39, 0.29) is 6.10 Å². The van der Waals surface area contributed by atoms with Crippen molar-refractivity contribution in [2.45, 2.75) is 143 Å². The van der Waals surface area contributed by atoms with Gasteiger partial charge in [0.1, 0.15) is 0 Å². The van der Waals surface area contributed by atoms with Gasteiger partial charge in [0.2, 0.25) is 0 Å². The Kier molecular flexibility index (Phi) is 28.3. The van der Waals surface area contributed by atoms with E-state index in [1.807, 2.05) is 0 Å². The van der Waals surface area contributed by atoms with E-state index in [2.05, 4.69) is 27.7 Å². The van der Waals surface area contributed by atoms with Crippen LogP contribution in [0, 0.1) is 11.8 Å². The molecule has 0 fully saturated rings. The van der Waals surface area contributed by atoms with Crippen LogP contribution in [0.2, 0.25) is 0 Å². The van der Waals surface area contributed by atoms with Gasteiger partial charge in [-0.25, -0.2) is 0 Å². The van der Waals surface area contributed by atoms with Crippen LogP contribution in [0.25, 0.3) is 0 Å². The van der Waals surface area contributed by atoms with Gasteiger partial charge in [-0.2, -0.15) is 0 Å². The van der Waals surface area contributed by atoms with Crippen molar-refractivity contribution < 1.29 is 18.9 Å². The van der Waals surface area contributed by atoms with Crippen molar-refractivity contribution >= 4 is 0 Å². The average molecular weight is 501 g/mol. The Labute approximate surface area is 220 Å². The molecule has 0 N–H and O–H groups in total. The molecule has 0 aromatic carbocycles. The van der Waals surface area contributed by atoms with Crippen LogP contribution in [0.3, 0.4) is 0 Å². The van der Waals surface area contributed by atoms with Crippen LogP contribution < -0.4 is 0 Å². The molecule has 0 aliphatic rings. The topological polar surface area (TPSA) is 36.9 Å². The molecule has 0 amide bonds. The number of rotatable bonds is 29. The molecule has 4 nitrogen and oxygen atoms in total. The molecule has 0 aliphatic heterocycles. The summed E-state index contributed by atoms with van der Waals surface area (Å²) in [6.45, 7) is 14.1. The van der Waals surface area contributed by atoms with E-state index in [4.69, 9.17) is 18.9 Å². The largest absolute Gasteiger partial charge is 0.385 e. The van der Waals surface area contributed by atoms with Crippen molar-refractivity contribution in [1.82, 2.24) is 0 Å². The summed E-state index contributed by atoms with van der Waals surface area (Å²) >= 11 is 0. The summed E-state index contributed by atoms with van der Waals surface area (Å²) in [5, 5.41) is 0. The van der Waals surface area contributed by atoms with Gasteiger partial charge in [0.05, 0.1) is 12.7 Å². The van der Waals surface area contributed by atoms with Crippen molar-refractivity contribution in [1.29, 1.82) is 0 Å². The van der Waals surface area contributed by atoms with Gasteiger partial charge in [-0.1, -0.05) is 105 Å². The van der Waals surface area contributed by atoms with E-state index in [9.17, 15) is 0 Å². The maximum absolute atomic E-state index is 6.38. The third kappa shape index (κ3) is 24.0. The third-order valence-electron chi connectivity index (χ3n) is 7.28. The second-order valence-corrected chi connectivity index (χ2v) is 10.5. The zero-order chi connectivity index (χ0) is 25.8. The van der Waals surface area contributed by atoms with Crippen LogP contribution >= 0.6 is 0 Å². The third-order valence-corrected chi connectivity index (χ3v) is 7.28. The molecule has 0 aliphatic carbocycles.